The average Bonchev–Trinajstić information content (AvgIpc) is 2.59. The molecule has 0 saturated heterocycles. The number of nitrogens with zero attached hydrogens (tertiary/aromatic N) is 2. The van der Waals surface area contributed by atoms with E-state index >= 15 is 0 Å². The Balaban J connectivity index is 2.81. The average molecular weight is 229 g/mol. The minimum absolute atomic E-state index is 0.294. The Labute approximate surface area is 93.5 Å². The van der Waals surface area contributed by atoms with Crippen molar-refractivity contribution in [2.75, 3.05) is 13.0 Å². The van der Waals surface area contributed by atoms with Gasteiger partial charge in [-0.25, -0.2) is 9.78 Å². The highest BCUT2D eigenvalue weighted by Gasteiger charge is 2.12. The van der Waals surface area contributed by atoms with E-state index in [9.17, 15) is 4.79 Å². The SMILES string of the molecule is COC(=O)c1nc(C=CCCCl)cn1C. The summed E-state index contributed by atoms with van der Waals surface area (Å²) in [7, 11) is 3.08. The molecule has 0 aliphatic carbocycles. The Kier molecular flexibility index (Phi) is 4.37. The number of esters is 1. The number of hydrogen-bond acceptors (Lipinski definition) is 3. The molecule has 82 valence electrons. The number of alkyl halides is 1. The molecular formula is C10H13ClN2O2. The molecule has 0 aliphatic rings. The van der Waals surface area contributed by atoms with E-state index in [4.69, 9.17) is 11.6 Å². The van der Waals surface area contributed by atoms with E-state index in [0.29, 0.717) is 11.7 Å². The third-order valence-corrected chi connectivity index (χ3v) is 2.05. The second-order valence-corrected chi connectivity index (χ2v) is 3.35. The zero-order valence-electron chi connectivity index (χ0n) is 8.74. The molecule has 1 aromatic rings. The molecule has 0 aliphatic heterocycles. The molecule has 0 amide bonds. The van der Waals surface area contributed by atoms with Gasteiger partial charge in [-0.15, -0.1) is 11.6 Å². The van der Waals surface area contributed by atoms with Crippen LogP contribution in [-0.4, -0.2) is 28.5 Å². The molecule has 1 aromatic heterocycles. The van der Waals surface area contributed by atoms with Crippen molar-refractivity contribution in [1.82, 2.24) is 9.55 Å². The Bertz CT molecular complexity index is 371. The number of allylic oxidation sites excluding steroid dienone is 1. The van der Waals surface area contributed by atoms with Crippen LogP contribution < -0.4 is 0 Å². The standard InChI is InChI=1S/C10H13ClN2O2/c1-13-7-8(5-3-4-6-11)12-9(13)10(14)15-2/h3,5,7H,4,6H2,1-2H3. The fraction of sp³-hybridized carbons (Fsp3) is 0.400. The largest absolute Gasteiger partial charge is 0.463 e. The molecule has 4 nitrogen and oxygen atoms in total. The van der Waals surface area contributed by atoms with Crippen LogP contribution in [0.1, 0.15) is 22.7 Å². The van der Waals surface area contributed by atoms with Crippen molar-refractivity contribution >= 4 is 23.6 Å². The van der Waals surface area contributed by atoms with Gasteiger partial charge in [0.25, 0.3) is 0 Å². The number of aryl methyl sites for hydroxylation is 1. The van der Waals surface area contributed by atoms with Crippen LogP contribution in [0, 0.1) is 0 Å². The Morgan fingerprint density at radius 3 is 3.07 bits per heavy atom. The van der Waals surface area contributed by atoms with Crippen molar-refractivity contribution in [2.24, 2.45) is 7.05 Å². The van der Waals surface area contributed by atoms with Crippen LogP contribution in [0.25, 0.3) is 6.08 Å². The normalized spacial score (nSPS) is 10.9. The summed E-state index contributed by atoms with van der Waals surface area (Å²) in [5.74, 6) is 0.435. The Hall–Kier alpha value is -1.29. The molecule has 0 fully saturated rings. The van der Waals surface area contributed by atoms with Crippen molar-refractivity contribution in [3.8, 4) is 0 Å². The van der Waals surface area contributed by atoms with Crippen LogP contribution in [-0.2, 0) is 11.8 Å². The molecule has 0 bridgehead atoms. The molecule has 15 heavy (non-hydrogen) atoms. The fourth-order valence-electron chi connectivity index (χ4n) is 1.12. The first-order valence-electron chi connectivity index (χ1n) is 4.53. The molecule has 1 rings (SSSR count). The summed E-state index contributed by atoms with van der Waals surface area (Å²) in [6.45, 7) is 0. The topological polar surface area (TPSA) is 44.1 Å². The molecule has 0 atom stereocenters. The number of aromatic nitrogens is 2. The minimum atomic E-state index is -0.436. The second kappa shape index (κ2) is 5.56. The highest BCUT2D eigenvalue weighted by molar-refractivity contribution is 6.17. The predicted molar refractivity (Wildman–Crippen MR) is 58.9 cm³/mol. The summed E-state index contributed by atoms with van der Waals surface area (Å²) in [6.07, 6.45) is 6.29. The van der Waals surface area contributed by atoms with Crippen LogP contribution >= 0.6 is 11.6 Å². The Morgan fingerprint density at radius 2 is 2.47 bits per heavy atom. The number of methoxy groups -OCH3 is 1. The van der Waals surface area contributed by atoms with Gasteiger partial charge in [0.2, 0.25) is 5.82 Å². The lowest BCUT2D eigenvalue weighted by Crippen LogP contribution is -2.08. The van der Waals surface area contributed by atoms with Gasteiger partial charge in [-0.2, -0.15) is 0 Å². The van der Waals surface area contributed by atoms with Gasteiger partial charge in [0.1, 0.15) is 0 Å². The van der Waals surface area contributed by atoms with Crippen LogP contribution in [0.2, 0.25) is 0 Å². The quantitative estimate of drug-likeness (QED) is 0.584. The zero-order valence-corrected chi connectivity index (χ0v) is 9.49. The summed E-state index contributed by atoms with van der Waals surface area (Å²) in [5.41, 5.74) is 0.725. The van der Waals surface area contributed by atoms with E-state index in [-0.39, 0.29) is 0 Å². The van der Waals surface area contributed by atoms with E-state index < -0.39 is 5.97 Å². The van der Waals surface area contributed by atoms with Gasteiger partial charge in [0, 0.05) is 19.1 Å². The predicted octanol–water partition coefficient (Wildman–Crippen LogP) is 1.85. The lowest BCUT2D eigenvalue weighted by atomic mass is 10.3. The van der Waals surface area contributed by atoms with Gasteiger partial charge in [-0.1, -0.05) is 6.08 Å². The van der Waals surface area contributed by atoms with Gasteiger partial charge < -0.3 is 9.30 Å². The molecular weight excluding hydrogens is 216 g/mol. The summed E-state index contributed by atoms with van der Waals surface area (Å²) < 4.78 is 6.22. The number of imidazole rings is 1. The molecule has 0 aromatic carbocycles. The number of rotatable bonds is 4. The van der Waals surface area contributed by atoms with Crippen molar-refractivity contribution in [3.05, 3.63) is 23.8 Å². The van der Waals surface area contributed by atoms with Gasteiger partial charge in [0.05, 0.1) is 12.8 Å². The number of halogens is 1. The van der Waals surface area contributed by atoms with Crippen LogP contribution in [0.15, 0.2) is 12.3 Å². The highest BCUT2D eigenvalue weighted by atomic mass is 35.5. The van der Waals surface area contributed by atoms with Crippen LogP contribution in [0.3, 0.4) is 0 Å². The van der Waals surface area contributed by atoms with Crippen molar-refractivity contribution in [3.63, 3.8) is 0 Å². The molecule has 5 heteroatoms. The molecule has 0 saturated carbocycles. The maximum absolute atomic E-state index is 11.2. The zero-order chi connectivity index (χ0) is 11.3. The van der Waals surface area contributed by atoms with Crippen molar-refractivity contribution < 1.29 is 9.53 Å². The third kappa shape index (κ3) is 3.09. The number of carbonyl (C=O) groups excluding carboxylic acids is 1. The first kappa shape index (κ1) is 11.8. The van der Waals surface area contributed by atoms with Crippen LogP contribution in [0.5, 0.6) is 0 Å². The molecule has 0 radical (unpaired) electrons. The monoisotopic (exact) mass is 228 g/mol. The number of carbonyl (C=O) groups is 1. The van der Waals surface area contributed by atoms with Crippen LogP contribution in [0.4, 0.5) is 0 Å². The van der Waals surface area contributed by atoms with E-state index in [1.54, 1.807) is 17.8 Å². The lowest BCUT2D eigenvalue weighted by molar-refractivity contribution is 0.0583. The number of ether oxygens (including phenoxy) is 1. The lowest BCUT2D eigenvalue weighted by Gasteiger charge is -1.96. The molecule has 0 spiro atoms. The first-order chi connectivity index (χ1) is 7.19. The first-order valence-corrected chi connectivity index (χ1v) is 5.06. The summed E-state index contributed by atoms with van der Waals surface area (Å²) in [5, 5.41) is 0. The van der Waals surface area contributed by atoms with Gasteiger partial charge in [-0.3, -0.25) is 0 Å². The maximum atomic E-state index is 11.2. The van der Waals surface area contributed by atoms with Gasteiger partial charge >= 0.3 is 5.97 Å². The highest BCUT2D eigenvalue weighted by Crippen LogP contribution is 2.05. The van der Waals surface area contributed by atoms with E-state index in [1.165, 1.54) is 7.11 Å². The molecule has 1 heterocycles. The Morgan fingerprint density at radius 1 is 1.73 bits per heavy atom. The summed E-state index contributed by atoms with van der Waals surface area (Å²) in [4.78, 5) is 15.3. The summed E-state index contributed by atoms with van der Waals surface area (Å²) in [6, 6.07) is 0. The van der Waals surface area contributed by atoms with Crippen molar-refractivity contribution in [2.45, 2.75) is 6.42 Å². The summed E-state index contributed by atoms with van der Waals surface area (Å²) >= 11 is 5.53. The van der Waals surface area contributed by atoms with E-state index in [2.05, 4.69) is 9.72 Å². The fourth-order valence-corrected chi connectivity index (χ4v) is 1.24. The van der Waals surface area contributed by atoms with Gasteiger partial charge in [-0.05, 0) is 12.5 Å². The minimum Gasteiger partial charge on any atom is -0.463 e. The van der Waals surface area contributed by atoms with Gasteiger partial charge in [0.15, 0.2) is 0 Å². The van der Waals surface area contributed by atoms with Crippen molar-refractivity contribution in [1.29, 1.82) is 0 Å². The van der Waals surface area contributed by atoms with E-state index in [1.807, 2.05) is 12.2 Å². The smallest absolute Gasteiger partial charge is 0.374 e. The second-order valence-electron chi connectivity index (χ2n) is 2.97. The third-order valence-electron chi connectivity index (χ3n) is 1.83. The maximum Gasteiger partial charge on any atom is 0.374 e. The molecule has 0 unspecified atom stereocenters. The van der Waals surface area contributed by atoms with E-state index in [0.717, 1.165) is 12.1 Å². The molecule has 0 N–H and O–H groups in total. The number of hydrogen-bond donors (Lipinski definition) is 0.